The molecule has 0 spiro atoms. The van der Waals surface area contributed by atoms with Crippen molar-refractivity contribution in [2.75, 3.05) is 6.54 Å². The highest BCUT2D eigenvalue weighted by Crippen LogP contribution is 2.27. The first-order chi connectivity index (χ1) is 14.0. The van der Waals surface area contributed by atoms with E-state index in [1.807, 2.05) is 68.4 Å². The van der Waals surface area contributed by atoms with Gasteiger partial charge in [-0.25, -0.2) is 9.48 Å². The number of carbonyl (C=O) groups is 2. The van der Waals surface area contributed by atoms with Gasteiger partial charge < -0.3 is 10.1 Å². The second-order valence-corrected chi connectivity index (χ2v) is 6.82. The summed E-state index contributed by atoms with van der Waals surface area (Å²) in [5, 5.41) is 7.39. The van der Waals surface area contributed by atoms with Gasteiger partial charge in [-0.2, -0.15) is 5.10 Å². The Labute approximate surface area is 170 Å². The second kappa shape index (κ2) is 9.19. The van der Waals surface area contributed by atoms with Crippen molar-refractivity contribution in [1.29, 1.82) is 0 Å². The summed E-state index contributed by atoms with van der Waals surface area (Å²) in [7, 11) is 0. The van der Waals surface area contributed by atoms with Crippen LogP contribution >= 0.6 is 0 Å². The standard InChI is InChI=1S/C23H25N3O3/c1-4-14-24-22(27)17(3)29-23(28)20-15-26(18-11-6-5-7-12-18)25-21(20)19-13-9-8-10-16(19)2/h5-13,15,17H,4,14H2,1-3H3,(H,24,27)/t17-/m1/s1. The van der Waals surface area contributed by atoms with Crippen LogP contribution in [0.1, 0.15) is 36.2 Å². The highest BCUT2D eigenvalue weighted by Gasteiger charge is 2.24. The summed E-state index contributed by atoms with van der Waals surface area (Å²) < 4.78 is 7.10. The number of amides is 1. The summed E-state index contributed by atoms with van der Waals surface area (Å²) in [6, 6.07) is 17.3. The van der Waals surface area contributed by atoms with Crippen LogP contribution in [-0.4, -0.2) is 34.3 Å². The van der Waals surface area contributed by atoms with Gasteiger partial charge in [-0.3, -0.25) is 4.79 Å². The molecule has 150 valence electrons. The van der Waals surface area contributed by atoms with Crippen LogP contribution < -0.4 is 5.32 Å². The zero-order valence-electron chi connectivity index (χ0n) is 16.9. The van der Waals surface area contributed by atoms with Crippen molar-refractivity contribution in [2.24, 2.45) is 0 Å². The van der Waals surface area contributed by atoms with Crippen molar-refractivity contribution in [3.63, 3.8) is 0 Å². The molecule has 6 nitrogen and oxygen atoms in total. The van der Waals surface area contributed by atoms with E-state index in [1.54, 1.807) is 17.8 Å². The van der Waals surface area contributed by atoms with Crippen molar-refractivity contribution in [3.8, 4) is 16.9 Å². The van der Waals surface area contributed by atoms with Crippen LogP contribution in [0.15, 0.2) is 60.8 Å². The topological polar surface area (TPSA) is 73.2 Å². The Hall–Kier alpha value is -3.41. The lowest BCUT2D eigenvalue weighted by atomic mass is 10.0. The van der Waals surface area contributed by atoms with Crippen LogP contribution in [-0.2, 0) is 9.53 Å². The third-order valence-electron chi connectivity index (χ3n) is 4.56. The van der Waals surface area contributed by atoms with E-state index in [0.29, 0.717) is 17.8 Å². The molecule has 0 aliphatic rings. The first kappa shape index (κ1) is 20.3. The quantitative estimate of drug-likeness (QED) is 0.620. The summed E-state index contributed by atoms with van der Waals surface area (Å²) in [5.41, 5.74) is 3.51. The molecule has 0 unspecified atom stereocenters. The minimum atomic E-state index is -0.890. The number of carbonyl (C=O) groups excluding carboxylic acids is 2. The Morgan fingerprint density at radius 2 is 1.79 bits per heavy atom. The maximum Gasteiger partial charge on any atom is 0.342 e. The maximum absolute atomic E-state index is 12.9. The molecule has 0 bridgehead atoms. The Kier molecular flexibility index (Phi) is 6.44. The molecule has 1 amide bonds. The summed E-state index contributed by atoms with van der Waals surface area (Å²) in [6.07, 6.45) is 1.57. The predicted octanol–water partition coefficient (Wildman–Crippen LogP) is 3.92. The number of para-hydroxylation sites is 1. The molecule has 1 atom stereocenters. The summed E-state index contributed by atoms with van der Waals surface area (Å²) in [4.78, 5) is 25.0. The predicted molar refractivity (Wildman–Crippen MR) is 112 cm³/mol. The average Bonchev–Trinajstić information content (AvgIpc) is 3.18. The first-order valence-corrected chi connectivity index (χ1v) is 9.71. The molecule has 0 saturated carbocycles. The van der Waals surface area contributed by atoms with Crippen LogP contribution in [0, 0.1) is 6.92 Å². The number of rotatable bonds is 7. The van der Waals surface area contributed by atoms with Gasteiger partial charge in [0.25, 0.3) is 5.91 Å². The van der Waals surface area contributed by atoms with Gasteiger partial charge >= 0.3 is 5.97 Å². The largest absolute Gasteiger partial charge is 0.449 e. The molecule has 0 aliphatic carbocycles. The first-order valence-electron chi connectivity index (χ1n) is 9.71. The molecule has 1 aromatic heterocycles. The fourth-order valence-corrected chi connectivity index (χ4v) is 2.94. The molecule has 0 fully saturated rings. The van der Waals surface area contributed by atoms with E-state index in [4.69, 9.17) is 4.74 Å². The van der Waals surface area contributed by atoms with Crippen LogP contribution in [0.2, 0.25) is 0 Å². The fourth-order valence-electron chi connectivity index (χ4n) is 2.94. The number of nitrogens with zero attached hydrogens (tertiary/aromatic N) is 2. The van der Waals surface area contributed by atoms with Gasteiger partial charge in [0.1, 0.15) is 11.3 Å². The van der Waals surface area contributed by atoms with Gasteiger partial charge in [-0.05, 0) is 38.0 Å². The lowest BCUT2D eigenvalue weighted by Crippen LogP contribution is -2.36. The van der Waals surface area contributed by atoms with Crippen molar-refractivity contribution in [3.05, 3.63) is 71.9 Å². The summed E-state index contributed by atoms with van der Waals surface area (Å²) in [5.74, 6) is -0.891. The van der Waals surface area contributed by atoms with E-state index in [9.17, 15) is 9.59 Å². The minimum absolute atomic E-state index is 0.312. The molecule has 6 heteroatoms. The minimum Gasteiger partial charge on any atom is -0.449 e. The molecule has 29 heavy (non-hydrogen) atoms. The van der Waals surface area contributed by atoms with E-state index < -0.39 is 12.1 Å². The molecular formula is C23H25N3O3. The number of ether oxygens (including phenoxy) is 1. The fraction of sp³-hybridized carbons (Fsp3) is 0.261. The highest BCUT2D eigenvalue weighted by atomic mass is 16.5. The van der Waals surface area contributed by atoms with Gasteiger partial charge in [-0.1, -0.05) is 49.4 Å². The second-order valence-electron chi connectivity index (χ2n) is 6.82. The van der Waals surface area contributed by atoms with E-state index in [-0.39, 0.29) is 5.91 Å². The number of hydrogen-bond donors (Lipinski definition) is 1. The lowest BCUT2D eigenvalue weighted by Gasteiger charge is -2.13. The van der Waals surface area contributed by atoms with Gasteiger partial charge in [0.15, 0.2) is 6.10 Å². The lowest BCUT2D eigenvalue weighted by molar-refractivity contribution is -0.129. The van der Waals surface area contributed by atoms with Gasteiger partial charge in [0.2, 0.25) is 0 Å². The number of hydrogen-bond acceptors (Lipinski definition) is 4. The zero-order valence-corrected chi connectivity index (χ0v) is 16.9. The molecule has 0 aliphatic heterocycles. The summed E-state index contributed by atoms with van der Waals surface area (Å²) >= 11 is 0. The Morgan fingerprint density at radius 3 is 2.48 bits per heavy atom. The van der Waals surface area contributed by atoms with Gasteiger partial charge in [0.05, 0.1) is 5.69 Å². The highest BCUT2D eigenvalue weighted by molar-refractivity contribution is 5.98. The molecule has 3 rings (SSSR count). The summed E-state index contributed by atoms with van der Waals surface area (Å²) in [6.45, 7) is 6.04. The van der Waals surface area contributed by atoms with E-state index in [0.717, 1.165) is 23.2 Å². The third kappa shape index (κ3) is 4.71. The Balaban J connectivity index is 1.96. The number of nitrogens with one attached hydrogen (secondary N) is 1. The Morgan fingerprint density at radius 1 is 1.10 bits per heavy atom. The van der Waals surface area contributed by atoms with Crippen LogP contribution in [0.3, 0.4) is 0 Å². The Bertz CT molecular complexity index is 996. The molecule has 0 saturated heterocycles. The number of aryl methyl sites for hydroxylation is 1. The SMILES string of the molecule is CCCNC(=O)[C@@H](C)OC(=O)c1cn(-c2ccccc2)nc1-c1ccccc1C. The van der Waals surface area contributed by atoms with Crippen molar-refractivity contribution >= 4 is 11.9 Å². The maximum atomic E-state index is 12.9. The van der Waals surface area contributed by atoms with Crippen LogP contribution in [0.4, 0.5) is 0 Å². The number of aromatic nitrogens is 2. The number of benzene rings is 2. The molecule has 3 aromatic rings. The number of esters is 1. The normalized spacial score (nSPS) is 11.7. The van der Waals surface area contributed by atoms with Gasteiger partial charge in [0, 0.05) is 18.3 Å². The molecule has 0 radical (unpaired) electrons. The van der Waals surface area contributed by atoms with E-state index >= 15 is 0 Å². The van der Waals surface area contributed by atoms with Crippen LogP contribution in [0.5, 0.6) is 0 Å². The van der Waals surface area contributed by atoms with Crippen molar-refractivity contribution in [2.45, 2.75) is 33.3 Å². The van der Waals surface area contributed by atoms with E-state index in [1.165, 1.54) is 0 Å². The average molecular weight is 391 g/mol. The molecule has 1 heterocycles. The zero-order chi connectivity index (χ0) is 20.8. The van der Waals surface area contributed by atoms with Crippen LogP contribution in [0.25, 0.3) is 16.9 Å². The molecular weight excluding hydrogens is 366 g/mol. The molecule has 2 aromatic carbocycles. The third-order valence-corrected chi connectivity index (χ3v) is 4.56. The van der Waals surface area contributed by atoms with Crippen molar-refractivity contribution < 1.29 is 14.3 Å². The van der Waals surface area contributed by atoms with Crippen molar-refractivity contribution in [1.82, 2.24) is 15.1 Å². The van der Waals surface area contributed by atoms with E-state index in [2.05, 4.69) is 10.4 Å². The van der Waals surface area contributed by atoms with Gasteiger partial charge in [-0.15, -0.1) is 0 Å². The smallest absolute Gasteiger partial charge is 0.342 e. The molecule has 1 N–H and O–H groups in total. The monoisotopic (exact) mass is 391 g/mol.